The zero-order chi connectivity index (χ0) is 19.4. The molecule has 2 N–H and O–H groups in total. The van der Waals surface area contributed by atoms with Crippen LogP contribution in [0.5, 0.6) is 0 Å². The summed E-state index contributed by atoms with van der Waals surface area (Å²) in [4.78, 5) is 18.8. The summed E-state index contributed by atoms with van der Waals surface area (Å²) in [6.07, 6.45) is -0.0126. The van der Waals surface area contributed by atoms with Crippen LogP contribution in [0.25, 0.3) is 10.2 Å². The fraction of sp³-hybridized carbons (Fsp3) is 0.118. The molecule has 3 aromatic rings. The molecule has 0 aliphatic rings. The molecule has 1 aromatic carbocycles. The van der Waals surface area contributed by atoms with Crippen molar-refractivity contribution in [3.63, 3.8) is 0 Å². The van der Waals surface area contributed by atoms with E-state index in [1.165, 1.54) is 35.6 Å². The van der Waals surface area contributed by atoms with E-state index >= 15 is 0 Å². The number of thiazole rings is 1. The minimum atomic E-state index is -3.88. The van der Waals surface area contributed by atoms with Gasteiger partial charge in [0.2, 0.25) is 0 Å². The molecule has 0 bridgehead atoms. The van der Waals surface area contributed by atoms with Gasteiger partial charge in [-0.05, 0) is 36.3 Å². The lowest BCUT2D eigenvalue weighted by Crippen LogP contribution is -2.14. The standard InChI is InChI=1S/C17H12ClN3O4S2/c18-16-8-7-13(12(20-16)3-1-2-4-17(22)23)21-27(24,25)11-5-6-14-15(9-11)26-10-19-14/h5-10,21H,2,4H2,(H,22,23). The molecule has 2 aromatic heterocycles. The number of nitrogens with one attached hydrogen (secondary N) is 1. The van der Waals surface area contributed by atoms with E-state index in [0.717, 1.165) is 10.2 Å². The summed E-state index contributed by atoms with van der Waals surface area (Å²) in [6, 6.07) is 7.53. The van der Waals surface area contributed by atoms with Gasteiger partial charge in [0.1, 0.15) is 10.8 Å². The number of hydrogen-bond acceptors (Lipinski definition) is 6. The number of anilines is 1. The largest absolute Gasteiger partial charge is 0.481 e. The van der Waals surface area contributed by atoms with Gasteiger partial charge in [-0.15, -0.1) is 11.3 Å². The van der Waals surface area contributed by atoms with E-state index in [1.54, 1.807) is 11.6 Å². The molecule has 10 heteroatoms. The Morgan fingerprint density at radius 1 is 1.30 bits per heavy atom. The van der Waals surface area contributed by atoms with Crippen molar-refractivity contribution in [1.29, 1.82) is 0 Å². The second-order valence-electron chi connectivity index (χ2n) is 5.31. The number of aromatic nitrogens is 2. The van der Waals surface area contributed by atoms with Crippen LogP contribution in [0.15, 0.2) is 40.7 Å². The molecule has 2 heterocycles. The van der Waals surface area contributed by atoms with Crippen LogP contribution in [0.2, 0.25) is 5.15 Å². The molecule has 0 aliphatic carbocycles. The Labute approximate surface area is 164 Å². The van der Waals surface area contributed by atoms with Crippen LogP contribution in [-0.2, 0) is 14.8 Å². The second kappa shape index (κ2) is 7.92. The van der Waals surface area contributed by atoms with Crippen LogP contribution in [0.4, 0.5) is 5.69 Å². The van der Waals surface area contributed by atoms with Crippen molar-refractivity contribution < 1.29 is 18.3 Å². The van der Waals surface area contributed by atoms with Crippen LogP contribution in [0.1, 0.15) is 18.5 Å². The molecule has 0 spiro atoms. The number of aliphatic carboxylic acids is 1. The quantitative estimate of drug-likeness (QED) is 0.483. The van der Waals surface area contributed by atoms with E-state index in [2.05, 4.69) is 26.5 Å². The first-order chi connectivity index (χ1) is 12.8. The Balaban J connectivity index is 1.90. The minimum absolute atomic E-state index is 0.0824. The lowest BCUT2D eigenvalue weighted by Gasteiger charge is -2.09. The van der Waals surface area contributed by atoms with Gasteiger partial charge in [0.05, 0.1) is 32.7 Å². The average Bonchev–Trinajstić information content (AvgIpc) is 3.08. The smallest absolute Gasteiger partial charge is 0.304 e. The van der Waals surface area contributed by atoms with E-state index in [9.17, 15) is 13.2 Å². The van der Waals surface area contributed by atoms with Crippen molar-refractivity contribution in [3.8, 4) is 11.8 Å². The molecular formula is C17H12ClN3O4S2. The molecule has 0 amide bonds. The molecular weight excluding hydrogens is 410 g/mol. The summed E-state index contributed by atoms with van der Waals surface area (Å²) in [6.45, 7) is 0. The monoisotopic (exact) mass is 421 g/mol. The van der Waals surface area contributed by atoms with Crippen LogP contribution < -0.4 is 4.72 Å². The fourth-order valence-corrected chi connectivity index (χ4v) is 4.17. The number of nitrogens with zero attached hydrogens (tertiary/aromatic N) is 2. The van der Waals surface area contributed by atoms with Crippen molar-refractivity contribution in [3.05, 3.63) is 46.7 Å². The van der Waals surface area contributed by atoms with Gasteiger partial charge in [0, 0.05) is 6.42 Å². The van der Waals surface area contributed by atoms with Gasteiger partial charge >= 0.3 is 5.97 Å². The second-order valence-corrected chi connectivity index (χ2v) is 8.27. The van der Waals surface area contributed by atoms with Crippen molar-refractivity contribution in [1.82, 2.24) is 9.97 Å². The number of sulfonamides is 1. The van der Waals surface area contributed by atoms with E-state index in [0.29, 0.717) is 0 Å². The molecule has 7 nitrogen and oxygen atoms in total. The number of carboxylic acids is 1. The fourth-order valence-electron chi connectivity index (χ4n) is 2.13. The maximum atomic E-state index is 12.7. The first-order valence-corrected chi connectivity index (χ1v) is 10.3. The van der Waals surface area contributed by atoms with Gasteiger partial charge in [-0.3, -0.25) is 9.52 Å². The summed E-state index contributed by atoms with van der Waals surface area (Å²) in [5, 5.41) is 8.79. The molecule has 0 unspecified atom stereocenters. The first-order valence-electron chi connectivity index (χ1n) is 7.58. The average molecular weight is 422 g/mol. The number of pyridine rings is 1. The normalized spacial score (nSPS) is 11.0. The predicted octanol–water partition coefficient (Wildman–Crippen LogP) is 3.36. The highest BCUT2D eigenvalue weighted by molar-refractivity contribution is 7.92. The summed E-state index contributed by atoms with van der Waals surface area (Å²) in [5.74, 6) is 4.35. The third-order valence-electron chi connectivity index (χ3n) is 3.39. The Bertz CT molecular complexity index is 1180. The van der Waals surface area contributed by atoms with Gasteiger partial charge in [-0.25, -0.2) is 18.4 Å². The highest BCUT2D eigenvalue weighted by Gasteiger charge is 2.17. The summed E-state index contributed by atoms with van der Waals surface area (Å²) in [5.41, 5.74) is 2.64. The Morgan fingerprint density at radius 3 is 2.89 bits per heavy atom. The maximum absolute atomic E-state index is 12.7. The maximum Gasteiger partial charge on any atom is 0.304 e. The van der Waals surface area contributed by atoms with Crippen molar-refractivity contribution >= 4 is 54.8 Å². The summed E-state index contributed by atoms with van der Waals surface area (Å²) < 4.78 is 28.6. The van der Waals surface area contributed by atoms with Crippen LogP contribution >= 0.6 is 22.9 Å². The topological polar surface area (TPSA) is 109 Å². The summed E-state index contributed by atoms with van der Waals surface area (Å²) in [7, 11) is -3.88. The Morgan fingerprint density at radius 2 is 2.11 bits per heavy atom. The molecule has 0 fully saturated rings. The minimum Gasteiger partial charge on any atom is -0.481 e. The lowest BCUT2D eigenvalue weighted by molar-refractivity contribution is -0.136. The van der Waals surface area contributed by atoms with E-state index < -0.39 is 16.0 Å². The zero-order valence-corrected chi connectivity index (χ0v) is 16.0. The van der Waals surface area contributed by atoms with Crippen molar-refractivity contribution in [2.75, 3.05) is 4.72 Å². The van der Waals surface area contributed by atoms with Crippen LogP contribution in [0.3, 0.4) is 0 Å². The van der Waals surface area contributed by atoms with Crippen LogP contribution in [-0.4, -0.2) is 29.5 Å². The molecule has 0 saturated carbocycles. The van der Waals surface area contributed by atoms with E-state index in [4.69, 9.17) is 16.7 Å². The number of fused-ring (bicyclic) bond motifs is 1. The van der Waals surface area contributed by atoms with E-state index in [-0.39, 0.29) is 34.3 Å². The number of carboxylic acid groups (broad SMARTS) is 1. The van der Waals surface area contributed by atoms with Crippen molar-refractivity contribution in [2.24, 2.45) is 0 Å². The zero-order valence-electron chi connectivity index (χ0n) is 13.6. The third kappa shape index (κ3) is 4.74. The number of carbonyl (C=O) groups is 1. The number of benzene rings is 1. The molecule has 0 saturated heterocycles. The SMILES string of the molecule is O=C(O)CCC#Cc1nc(Cl)ccc1NS(=O)(=O)c1ccc2ncsc2c1. The third-order valence-corrected chi connectivity index (χ3v) is 5.75. The first kappa shape index (κ1) is 19.1. The molecule has 27 heavy (non-hydrogen) atoms. The molecule has 0 radical (unpaired) electrons. The number of hydrogen-bond donors (Lipinski definition) is 2. The lowest BCUT2D eigenvalue weighted by atomic mass is 10.2. The highest BCUT2D eigenvalue weighted by atomic mass is 35.5. The van der Waals surface area contributed by atoms with Gasteiger partial charge in [0.25, 0.3) is 10.0 Å². The molecule has 3 rings (SSSR count). The predicted molar refractivity (Wildman–Crippen MR) is 103 cm³/mol. The van der Waals surface area contributed by atoms with E-state index in [1.807, 2.05) is 0 Å². The summed E-state index contributed by atoms with van der Waals surface area (Å²) >= 11 is 7.21. The molecule has 138 valence electrons. The number of rotatable bonds is 5. The van der Waals surface area contributed by atoms with Crippen molar-refractivity contribution in [2.45, 2.75) is 17.7 Å². The van der Waals surface area contributed by atoms with Gasteiger partial charge < -0.3 is 5.11 Å². The Hall–Kier alpha value is -2.67. The molecule has 0 aliphatic heterocycles. The van der Waals surface area contributed by atoms with Gasteiger partial charge in [0.15, 0.2) is 0 Å². The van der Waals surface area contributed by atoms with Crippen LogP contribution in [0, 0.1) is 11.8 Å². The Kier molecular flexibility index (Phi) is 5.60. The van der Waals surface area contributed by atoms with Gasteiger partial charge in [-0.1, -0.05) is 17.5 Å². The molecule has 0 atom stereocenters. The van der Waals surface area contributed by atoms with Gasteiger partial charge in [-0.2, -0.15) is 0 Å². The highest BCUT2D eigenvalue weighted by Crippen LogP contribution is 2.25. The number of halogens is 1.